The van der Waals surface area contributed by atoms with Gasteiger partial charge in [0, 0.05) is 6.54 Å². The second-order valence-electron chi connectivity index (χ2n) is 4.11. The van der Waals surface area contributed by atoms with Gasteiger partial charge in [-0.15, -0.1) is 0 Å². The molecule has 0 atom stereocenters. The van der Waals surface area contributed by atoms with E-state index < -0.39 is 12.7 Å². The molecule has 0 aliphatic heterocycles. The van der Waals surface area contributed by atoms with E-state index in [4.69, 9.17) is 11.6 Å². The van der Waals surface area contributed by atoms with Crippen LogP contribution in [0.15, 0.2) is 18.2 Å². The molecule has 1 N–H and O–H groups in total. The van der Waals surface area contributed by atoms with Crippen LogP contribution in [-0.2, 0) is 6.54 Å². The van der Waals surface area contributed by atoms with Crippen molar-refractivity contribution in [2.75, 3.05) is 13.1 Å². The van der Waals surface area contributed by atoms with Crippen LogP contribution in [0.4, 0.5) is 13.2 Å². The zero-order valence-electron chi connectivity index (χ0n) is 9.97. The molecule has 0 aliphatic rings. The summed E-state index contributed by atoms with van der Waals surface area (Å²) in [6, 6.07) is 4.44. The average Bonchev–Trinajstić information content (AvgIpc) is 2.21. The van der Waals surface area contributed by atoms with Gasteiger partial charge in [0.15, 0.2) is 0 Å². The van der Waals surface area contributed by atoms with Crippen molar-refractivity contribution < 1.29 is 18.3 Å². The Bertz CT molecular complexity index is 395. The number of hydrogen-bond acceptors (Lipinski definition) is 2. The summed E-state index contributed by atoms with van der Waals surface area (Å²) in [5, 5.41) is 9.39. The number of nitrogens with zero attached hydrogens (tertiary/aromatic N) is 1. The summed E-state index contributed by atoms with van der Waals surface area (Å²) in [6.45, 7) is 1.40. The fourth-order valence-electron chi connectivity index (χ4n) is 1.69. The van der Waals surface area contributed by atoms with E-state index in [0.29, 0.717) is 18.5 Å². The van der Waals surface area contributed by atoms with Crippen LogP contribution in [0.1, 0.15) is 18.9 Å². The summed E-state index contributed by atoms with van der Waals surface area (Å²) in [4.78, 5) is 1.31. The highest BCUT2D eigenvalue weighted by atomic mass is 35.5. The highest BCUT2D eigenvalue weighted by Crippen LogP contribution is 2.25. The smallest absolute Gasteiger partial charge is 0.401 e. The molecule has 0 bridgehead atoms. The van der Waals surface area contributed by atoms with Gasteiger partial charge in [-0.3, -0.25) is 4.90 Å². The fraction of sp³-hybridized carbons (Fsp3) is 0.500. The summed E-state index contributed by atoms with van der Waals surface area (Å²) < 4.78 is 37.1. The van der Waals surface area contributed by atoms with Gasteiger partial charge in [-0.25, -0.2) is 0 Å². The van der Waals surface area contributed by atoms with E-state index in [1.165, 1.54) is 17.0 Å². The molecule has 0 saturated heterocycles. The molecular weight excluding hydrogens is 267 g/mol. The zero-order valence-corrected chi connectivity index (χ0v) is 10.7. The highest BCUT2D eigenvalue weighted by Gasteiger charge is 2.30. The first-order chi connectivity index (χ1) is 8.31. The molecule has 0 aromatic heterocycles. The van der Waals surface area contributed by atoms with Crippen LogP contribution in [0, 0.1) is 0 Å². The van der Waals surface area contributed by atoms with Crippen LogP contribution in [0.2, 0.25) is 5.02 Å². The minimum atomic E-state index is -4.21. The molecular formula is C12H15ClF3NO. The van der Waals surface area contributed by atoms with Crippen LogP contribution >= 0.6 is 11.6 Å². The lowest BCUT2D eigenvalue weighted by atomic mass is 10.2. The van der Waals surface area contributed by atoms with Crippen LogP contribution in [0.25, 0.3) is 0 Å². The number of halogens is 4. The maximum atomic E-state index is 12.4. The van der Waals surface area contributed by atoms with Crippen molar-refractivity contribution >= 4 is 11.6 Å². The second-order valence-corrected chi connectivity index (χ2v) is 4.52. The van der Waals surface area contributed by atoms with Gasteiger partial charge >= 0.3 is 6.18 Å². The maximum absolute atomic E-state index is 12.4. The molecule has 1 aromatic carbocycles. The van der Waals surface area contributed by atoms with E-state index in [-0.39, 0.29) is 17.3 Å². The Hall–Kier alpha value is -0.940. The Morgan fingerprint density at radius 2 is 2.00 bits per heavy atom. The minimum absolute atomic E-state index is 0.0710. The van der Waals surface area contributed by atoms with Gasteiger partial charge in [-0.1, -0.05) is 24.6 Å². The standard InChI is InChI=1S/C12H15ClF3NO/c1-2-5-17(8-12(14,15)16)7-9-3-4-11(18)10(13)6-9/h3-4,6,18H,2,5,7-8H2,1H3. The molecule has 0 unspecified atom stereocenters. The van der Waals surface area contributed by atoms with Gasteiger partial charge in [-0.05, 0) is 30.7 Å². The van der Waals surface area contributed by atoms with Gasteiger partial charge in [0.05, 0.1) is 11.6 Å². The molecule has 0 fully saturated rings. The van der Waals surface area contributed by atoms with Crippen molar-refractivity contribution in [3.05, 3.63) is 28.8 Å². The lowest BCUT2D eigenvalue weighted by Crippen LogP contribution is -2.34. The van der Waals surface area contributed by atoms with Crippen molar-refractivity contribution in [3.8, 4) is 5.75 Å². The molecule has 0 amide bonds. The molecule has 102 valence electrons. The summed E-state index contributed by atoms with van der Waals surface area (Å²) in [6.07, 6.45) is -3.57. The summed E-state index contributed by atoms with van der Waals surface area (Å²) in [7, 11) is 0. The lowest BCUT2D eigenvalue weighted by Gasteiger charge is -2.23. The number of aromatic hydroxyl groups is 1. The van der Waals surface area contributed by atoms with Crippen LogP contribution in [-0.4, -0.2) is 29.3 Å². The summed E-state index contributed by atoms with van der Waals surface area (Å²) in [5.41, 5.74) is 0.649. The SMILES string of the molecule is CCCN(Cc1ccc(O)c(Cl)c1)CC(F)(F)F. The zero-order chi connectivity index (χ0) is 13.8. The summed E-state index contributed by atoms with van der Waals surface area (Å²) >= 11 is 5.72. The van der Waals surface area contributed by atoms with Gasteiger partial charge in [0.1, 0.15) is 5.75 Å². The number of alkyl halides is 3. The molecule has 1 rings (SSSR count). The number of hydrogen-bond donors (Lipinski definition) is 1. The Labute approximate surface area is 109 Å². The van der Waals surface area contributed by atoms with E-state index in [0.717, 1.165) is 0 Å². The van der Waals surface area contributed by atoms with E-state index in [2.05, 4.69) is 0 Å². The Kier molecular flexibility index (Phi) is 5.28. The molecule has 1 aromatic rings. The predicted octanol–water partition coefficient (Wildman–Crippen LogP) is 3.82. The van der Waals surface area contributed by atoms with Crippen molar-refractivity contribution in [2.45, 2.75) is 26.1 Å². The molecule has 0 aliphatic carbocycles. The molecule has 18 heavy (non-hydrogen) atoms. The molecule has 0 spiro atoms. The van der Waals surface area contributed by atoms with Crippen molar-refractivity contribution in [1.82, 2.24) is 4.90 Å². The number of phenols is 1. The van der Waals surface area contributed by atoms with Crippen molar-refractivity contribution in [1.29, 1.82) is 0 Å². The quantitative estimate of drug-likeness (QED) is 0.887. The molecule has 0 heterocycles. The third-order valence-electron chi connectivity index (χ3n) is 2.36. The Morgan fingerprint density at radius 3 is 2.50 bits per heavy atom. The number of benzene rings is 1. The van der Waals surface area contributed by atoms with E-state index in [9.17, 15) is 18.3 Å². The maximum Gasteiger partial charge on any atom is 0.401 e. The lowest BCUT2D eigenvalue weighted by molar-refractivity contribution is -0.147. The van der Waals surface area contributed by atoms with Gasteiger partial charge in [0.25, 0.3) is 0 Å². The van der Waals surface area contributed by atoms with Crippen LogP contribution < -0.4 is 0 Å². The topological polar surface area (TPSA) is 23.5 Å². The van der Waals surface area contributed by atoms with Gasteiger partial charge < -0.3 is 5.11 Å². The fourth-order valence-corrected chi connectivity index (χ4v) is 1.89. The van der Waals surface area contributed by atoms with Crippen LogP contribution in [0.3, 0.4) is 0 Å². The summed E-state index contributed by atoms with van der Waals surface area (Å²) in [5.74, 6) is -0.0710. The second kappa shape index (κ2) is 6.29. The monoisotopic (exact) mass is 281 g/mol. The first-order valence-electron chi connectivity index (χ1n) is 5.58. The molecule has 0 radical (unpaired) electrons. The van der Waals surface area contributed by atoms with E-state index >= 15 is 0 Å². The molecule has 0 saturated carbocycles. The average molecular weight is 282 g/mol. The Morgan fingerprint density at radius 1 is 1.33 bits per heavy atom. The number of rotatable bonds is 5. The van der Waals surface area contributed by atoms with E-state index in [1.54, 1.807) is 6.07 Å². The molecule has 6 heteroatoms. The minimum Gasteiger partial charge on any atom is -0.506 e. The number of phenolic OH excluding ortho intramolecular Hbond substituents is 1. The van der Waals surface area contributed by atoms with Gasteiger partial charge in [-0.2, -0.15) is 13.2 Å². The third kappa shape index (κ3) is 5.14. The van der Waals surface area contributed by atoms with Crippen LogP contribution in [0.5, 0.6) is 5.75 Å². The highest BCUT2D eigenvalue weighted by molar-refractivity contribution is 6.32. The molecule has 2 nitrogen and oxygen atoms in total. The largest absolute Gasteiger partial charge is 0.506 e. The predicted molar refractivity (Wildman–Crippen MR) is 64.7 cm³/mol. The first-order valence-corrected chi connectivity index (χ1v) is 5.96. The van der Waals surface area contributed by atoms with Crippen molar-refractivity contribution in [2.24, 2.45) is 0 Å². The third-order valence-corrected chi connectivity index (χ3v) is 2.66. The van der Waals surface area contributed by atoms with Crippen molar-refractivity contribution in [3.63, 3.8) is 0 Å². The normalized spacial score (nSPS) is 12.1. The first kappa shape index (κ1) is 15.1. The van der Waals surface area contributed by atoms with E-state index in [1.807, 2.05) is 6.92 Å². The van der Waals surface area contributed by atoms with Gasteiger partial charge in [0.2, 0.25) is 0 Å². The Balaban J connectivity index is 2.73.